The van der Waals surface area contributed by atoms with E-state index < -0.39 is 5.97 Å². The van der Waals surface area contributed by atoms with Crippen molar-refractivity contribution in [2.45, 2.75) is 19.8 Å². The molecular formula is C15H19BrN4O3. The lowest BCUT2D eigenvalue weighted by atomic mass is 10.3. The van der Waals surface area contributed by atoms with Gasteiger partial charge in [0.1, 0.15) is 5.65 Å². The van der Waals surface area contributed by atoms with Crippen molar-refractivity contribution >= 4 is 33.6 Å². The lowest BCUT2D eigenvalue weighted by Gasteiger charge is -2.16. The first kappa shape index (κ1) is 17.3. The summed E-state index contributed by atoms with van der Waals surface area (Å²) >= 11 is 3.45. The Morgan fingerprint density at radius 2 is 2.17 bits per heavy atom. The molecule has 0 radical (unpaired) electrons. The molecule has 0 spiro atoms. The number of urea groups is 1. The maximum Gasteiger partial charge on any atom is 0.317 e. The monoisotopic (exact) mass is 382 g/mol. The van der Waals surface area contributed by atoms with E-state index in [1.165, 1.54) is 4.90 Å². The molecule has 0 atom stereocenters. The second kappa shape index (κ2) is 7.45. The first-order chi connectivity index (χ1) is 10.9. The van der Waals surface area contributed by atoms with E-state index in [0.717, 1.165) is 21.4 Å². The summed E-state index contributed by atoms with van der Waals surface area (Å²) in [6, 6.07) is 1.72. The number of hydrogen-bond donors (Lipinski definition) is 2. The number of carbonyl (C=O) groups excluding carboxylic acids is 1. The van der Waals surface area contributed by atoms with Crippen LogP contribution < -0.4 is 5.32 Å². The highest BCUT2D eigenvalue weighted by Gasteiger charge is 2.10. The van der Waals surface area contributed by atoms with Gasteiger partial charge in [-0.25, -0.2) is 9.78 Å². The Morgan fingerprint density at radius 1 is 1.43 bits per heavy atom. The standard InChI is InChI=1S/C15H19BrN4O3/c1-10-7-11(16)8-20-9-12(18-14(10)20)3-5-17-15(23)19(2)6-4-13(21)22/h7-9H,3-6H2,1-2H3,(H,17,23)(H,21,22). The molecule has 124 valence electrons. The van der Waals surface area contributed by atoms with Gasteiger partial charge >= 0.3 is 12.0 Å². The molecule has 0 aliphatic carbocycles. The van der Waals surface area contributed by atoms with Gasteiger partial charge < -0.3 is 19.7 Å². The Balaban J connectivity index is 1.88. The van der Waals surface area contributed by atoms with Gasteiger partial charge in [0, 0.05) is 43.4 Å². The van der Waals surface area contributed by atoms with Gasteiger partial charge in [0.25, 0.3) is 0 Å². The minimum Gasteiger partial charge on any atom is -0.481 e. The normalized spacial score (nSPS) is 10.7. The van der Waals surface area contributed by atoms with Gasteiger partial charge in [-0.3, -0.25) is 4.79 Å². The van der Waals surface area contributed by atoms with Gasteiger partial charge in [-0.1, -0.05) is 0 Å². The molecule has 2 aromatic rings. The number of carboxylic acid groups (broad SMARTS) is 1. The second-order valence-corrected chi connectivity index (χ2v) is 6.27. The smallest absolute Gasteiger partial charge is 0.317 e. The number of pyridine rings is 1. The quantitative estimate of drug-likeness (QED) is 0.800. The molecule has 0 bridgehead atoms. The summed E-state index contributed by atoms with van der Waals surface area (Å²) in [4.78, 5) is 28.2. The van der Waals surface area contributed by atoms with Crippen LogP contribution in [0.1, 0.15) is 17.7 Å². The topological polar surface area (TPSA) is 86.9 Å². The van der Waals surface area contributed by atoms with Gasteiger partial charge in [0.2, 0.25) is 0 Å². The van der Waals surface area contributed by atoms with E-state index >= 15 is 0 Å². The van der Waals surface area contributed by atoms with Crippen LogP contribution in [-0.4, -0.2) is 51.5 Å². The zero-order chi connectivity index (χ0) is 17.0. The number of halogens is 1. The molecule has 0 aliphatic heterocycles. The summed E-state index contributed by atoms with van der Waals surface area (Å²) in [5.74, 6) is -0.920. The lowest BCUT2D eigenvalue weighted by Crippen LogP contribution is -2.39. The minimum atomic E-state index is -0.920. The first-order valence-corrected chi connectivity index (χ1v) is 8.00. The number of nitrogens with zero attached hydrogens (tertiary/aromatic N) is 3. The highest BCUT2D eigenvalue weighted by atomic mass is 79.9. The Labute approximate surface area is 142 Å². The van der Waals surface area contributed by atoms with Crippen molar-refractivity contribution < 1.29 is 14.7 Å². The van der Waals surface area contributed by atoms with Crippen molar-refractivity contribution in [2.24, 2.45) is 0 Å². The third kappa shape index (κ3) is 4.69. The molecule has 7 nitrogen and oxygen atoms in total. The predicted octanol–water partition coefficient (Wildman–Crippen LogP) is 2.06. The molecule has 23 heavy (non-hydrogen) atoms. The second-order valence-electron chi connectivity index (χ2n) is 5.35. The Bertz CT molecular complexity index is 729. The molecule has 2 amide bonds. The Hall–Kier alpha value is -2.09. The number of aromatic nitrogens is 2. The van der Waals surface area contributed by atoms with Crippen LogP contribution in [0.15, 0.2) is 22.9 Å². The molecule has 0 unspecified atom stereocenters. The number of nitrogens with one attached hydrogen (secondary N) is 1. The molecule has 0 saturated carbocycles. The van der Waals surface area contributed by atoms with E-state index in [-0.39, 0.29) is 19.0 Å². The largest absolute Gasteiger partial charge is 0.481 e. The maximum atomic E-state index is 11.8. The fourth-order valence-corrected chi connectivity index (χ4v) is 2.76. The first-order valence-electron chi connectivity index (χ1n) is 7.21. The summed E-state index contributed by atoms with van der Waals surface area (Å²) in [6.45, 7) is 2.62. The van der Waals surface area contributed by atoms with E-state index in [2.05, 4.69) is 26.2 Å². The van der Waals surface area contributed by atoms with E-state index in [1.54, 1.807) is 7.05 Å². The zero-order valence-electron chi connectivity index (χ0n) is 13.0. The summed E-state index contributed by atoms with van der Waals surface area (Å²) in [7, 11) is 1.57. The highest BCUT2D eigenvalue weighted by Crippen LogP contribution is 2.17. The van der Waals surface area contributed by atoms with Crippen LogP contribution in [0.2, 0.25) is 0 Å². The molecule has 0 saturated heterocycles. The fourth-order valence-electron chi connectivity index (χ4n) is 2.19. The van der Waals surface area contributed by atoms with Crippen molar-refractivity contribution in [1.82, 2.24) is 19.6 Å². The maximum absolute atomic E-state index is 11.8. The molecule has 2 rings (SSSR count). The number of hydrogen-bond acceptors (Lipinski definition) is 3. The van der Waals surface area contributed by atoms with Crippen molar-refractivity contribution in [3.05, 3.63) is 34.2 Å². The summed E-state index contributed by atoms with van der Waals surface area (Å²) in [6.07, 6.45) is 4.42. The van der Waals surface area contributed by atoms with Crippen molar-refractivity contribution in [3.8, 4) is 0 Å². The van der Waals surface area contributed by atoms with E-state index in [9.17, 15) is 9.59 Å². The number of aryl methyl sites for hydroxylation is 1. The van der Waals surface area contributed by atoms with Gasteiger partial charge in [-0.15, -0.1) is 0 Å². The number of rotatable bonds is 6. The van der Waals surface area contributed by atoms with Gasteiger partial charge in [0.15, 0.2) is 0 Å². The number of fused-ring (bicyclic) bond motifs is 1. The van der Waals surface area contributed by atoms with Crippen LogP contribution in [0, 0.1) is 6.92 Å². The van der Waals surface area contributed by atoms with Crippen LogP contribution in [0.25, 0.3) is 5.65 Å². The van der Waals surface area contributed by atoms with Crippen molar-refractivity contribution in [1.29, 1.82) is 0 Å². The van der Waals surface area contributed by atoms with Gasteiger partial charge in [-0.2, -0.15) is 0 Å². The molecule has 0 aromatic carbocycles. The third-order valence-corrected chi connectivity index (χ3v) is 3.85. The predicted molar refractivity (Wildman–Crippen MR) is 89.6 cm³/mol. The SMILES string of the molecule is Cc1cc(Br)cn2cc(CCNC(=O)N(C)CCC(=O)O)nc12. The number of amides is 2. The molecule has 2 heterocycles. The molecule has 0 fully saturated rings. The van der Waals surface area contributed by atoms with Crippen molar-refractivity contribution in [2.75, 3.05) is 20.1 Å². The van der Waals surface area contributed by atoms with Crippen LogP contribution in [-0.2, 0) is 11.2 Å². The molecule has 2 aromatic heterocycles. The number of aliphatic carboxylic acids is 1. The summed E-state index contributed by atoms with van der Waals surface area (Å²) in [5, 5.41) is 11.4. The van der Waals surface area contributed by atoms with Crippen LogP contribution in [0.4, 0.5) is 4.79 Å². The third-order valence-electron chi connectivity index (χ3n) is 3.42. The van der Waals surface area contributed by atoms with Crippen molar-refractivity contribution in [3.63, 3.8) is 0 Å². The van der Waals surface area contributed by atoms with E-state index in [0.29, 0.717) is 13.0 Å². The minimum absolute atomic E-state index is 0.0650. The van der Waals surface area contributed by atoms with Gasteiger partial charge in [-0.05, 0) is 34.5 Å². The van der Waals surface area contributed by atoms with Crippen LogP contribution in [0.3, 0.4) is 0 Å². The lowest BCUT2D eigenvalue weighted by molar-refractivity contribution is -0.137. The average Bonchev–Trinajstić information content (AvgIpc) is 2.87. The Kier molecular flexibility index (Phi) is 5.59. The van der Waals surface area contributed by atoms with Crippen LogP contribution >= 0.6 is 15.9 Å². The molecule has 8 heteroatoms. The zero-order valence-corrected chi connectivity index (χ0v) is 14.6. The summed E-state index contributed by atoms with van der Waals surface area (Å²) < 4.78 is 2.94. The van der Waals surface area contributed by atoms with E-state index in [1.807, 2.05) is 29.8 Å². The molecule has 2 N–H and O–H groups in total. The number of imidazole rings is 1. The Morgan fingerprint density at radius 3 is 2.87 bits per heavy atom. The fraction of sp³-hybridized carbons (Fsp3) is 0.400. The average molecular weight is 383 g/mol. The summed E-state index contributed by atoms with van der Waals surface area (Å²) in [5.41, 5.74) is 2.86. The molecule has 0 aliphatic rings. The van der Waals surface area contributed by atoms with Gasteiger partial charge in [0.05, 0.1) is 12.1 Å². The number of carboxylic acids is 1. The number of carbonyl (C=O) groups is 2. The van der Waals surface area contributed by atoms with E-state index in [4.69, 9.17) is 5.11 Å². The molecular weight excluding hydrogens is 364 g/mol. The van der Waals surface area contributed by atoms with Crippen LogP contribution in [0.5, 0.6) is 0 Å². The highest BCUT2D eigenvalue weighted by molar-refractivity contribution is 9.10.